The normalized spacial score (nSPS) is 20.5. The zero-order chi connectivity index (χ0) is 14.0. The third kappa shape index (κ3) is 3.05. The number of hydrogen-bond acceptors (Lipinski definition) is 6. The first kappa shape index (κ1) is 13.8. The van der Waals surface area contributed by atoms with Crippen molar-refractivity contribution < 1.29 is 14.3 Å². The molecule has 106 valence electrons. The van der Waals surface area contributed by atoms with E-state index in [0.717, 1.165) is 13.1 Å². The maximum absolute atomic E-state index is 12.0. The molecule has 19 heavy (non-hydrogen) atoms. The van der Waals surface area contributed by atoms with Crippen LogP contribution < -0.4 is 5.73 Å². The summed E-state index contributed by atoms with van der Waals surface area (Å²) in [4.78, 5) is 14.1. The topological polar surface area (TPSA) is 82.6 Å². The lowest BCUT2D eigenvalue weighted by atomic mass is 10.3. The average Bonchev–Trinajstić information content (AvgIpc) is 2.61. The number of hydrogen-bond donors (Lipinski definition) is 1. The molecule has 7 heteroatoms. The molecule has 1 unspecified atom stereocenters. The van der Waals surface area contributed by atoms with Crippen molar-refractivity contribution in [3.05, 3.63) is 11.4 Å². The second-order valence-corrected chi connectivity index (χ2v) is 4.82. The number of nitrogens with two attached hydrogens (primary N) is 1. The Morgan fingerprint density at radius 3 is 2.89 bits per heavy atom. The molecule has 1 fully saturated rings. The number of morpholine rings is 1. The highest BCUT2D eigenvalue weighted by Crippen LogP contribution is 2.16. The molecule has 1 atom stereocenters. The second-order valence-electron chi connectivity index (χ2n) is 4.82. The number of nitrogen functional groups attached to an aromatic ring is 1. The molecule has 0 spiro atoms. The minimum absolute atomic E-state index is 0.0850. The standard InChI is InChI=1S/C12H20N4O3/c1-8-10(13)11(16(3)14-8)12(17)19-7-9-6-15(2)4-5-18-9/h9H,4-7,13H2,1-3H3. The number of likely N-dealkylation sites (N-methyl/N-ethyl adjacent to an activating group) is 1. The molecule has 2 heterocycles. The molecule has 1 aromatic rings. The van der Waals surface area contributed by atoms with Crippen LogP contribution in [0, 0.1) is 6.92 Å². The van der Waals surface area contributed by atoms with Gasteiger partial charge in [0.05, 0.1) is 18.0 Å². The zero-order valence-corrected chi connectivity index (χ0v) is 11.5. The van der Waals surface area contributed by atoms with Crippen LogP contribution in [0.1, 0.15) is 16.2 Å². The Morgan fingerprint density at radius 1 is 1.58 bits per heavy atom. The van der Waals surface area contributed by atoms with Gasteiger partial charge in [-0.05, 0) is 14.0 Å². The Hall–Kier alpha value is -1.60. The molecule has 0 aromatic carbocycles. The molecule has 1 saturated heterocycles. The van der Waals surface area contributed by atoms with E-state index in [1.165, 1.54) is 4.68 Å². The van der Waals surface area contributed by atoms with Gasteiger partial charge in [0, 0.05) is 20.1 Å². The third-order valence-corrected chi connectivity index (χ3v) is 3.20. The van der Waals surface area contributed by atoms with E-state index in [1.807, 2.05) is 7.05 Å². The van der Waals surface area contributed by atoms with E-state index >= 15 is 0 Å². The molecule has 0 radical (unpaired) electrons. The molecule has 0 bridgehead atoms. The molecule has 2 N–H and O–H groups in total. The van der Waals surface area contributed by atoms with Crippen LogP contribution in [0.25, 0.3) is 0 Å². The average molecular weight is 268 g/mol. The maximum atomic E-state index is 12.0. The summed E-state index contributed by atoms with van der Waals surface area (Å²) in [6.07, 6.45) is -0.0850. The quantitative estimate of drug-likeness (QED) is 0.764. The van der Waals surface area contributed by atoms with Gasteiger partial charge in [-0.15, -0.1) is 0 Å². The lowest BCUT2D eigenvalue weighted by Crippen LogP contribution is -2.42. The van der Waals surface area contributed by atoms with Crippen molar-refractivity contribution in [1.29, 1.82) is 0 Å². The van der Waals surface area contributed by atoms with Crippen LogP contribution in [0.3, 0.4) is 0 Å². The van der Waals surface area contributed by atoms with E-state index in [4.69, 9.17) is 15.2 Å². The number of anilines is 1. The van der Waals surface area contributed by atoms with Gasteiger partial charge in [-0.2, -0.15) is 5.10 Å². The second kappa shape index (κ2) is 5.58. The Labute approximate surface area is 112 Å². The van der Waals surface area contributed by atoms with Crippen LogP contribution in [0.4, 0.5) is 5.69 Å². The third-order valence-electron chi connectivity index (χ3n) is 3.20. The molecule has 1 aliphatic heterocycles. The summed E-state index contributed by atoms with van der Waals surface area (Å²) in [7, 11) is 3.69. The van der Waals surface area contributed by atoms with Crippen molar-refractivity contribution in [1.82, 2.24) is 14.7 Å². The summed E-state index contributed by atoms with van der Waals surface area (Å²) in [6.45, 7) is 4.30. The first-order valence-electron chi connectivity index (χ1n) is 6.25. The molecule has 1 aromatic heterocycles. The minimum Gasteiger partial charge on any atom is -0.458 e. The summed E-state index contributed by atoms with van der Waals surface area (Å²) >= 11 is 0. The number of aryl methyl sites for hydroxylation is 2. The number of esters is 1. The summed E-state index contributed by atoms with van der Waals surface area (Å²) in [5, 5.41) is 4.09. The van der Waals surface area contributed by atoms with Gasteiger partial charge < -0.3 is 20.1 Å². The van der Waals surface area contributed by atoms with Crippen LogP contribution in [0.2, 0.25) is 0 Å². The molecule has 7 nitrogen and oxygen atoms in total. The molecular weight excluding hydrogens is 248 g/mol. The van der Waals surface area contributed by atoms with E-state index < -0.39 is 5.97 Å². The van der Waals surface area contributed by atoms with Crippen molar-refractivity contribution in [2.45, 2.75) is 13.0 Å². The molecule has 1 aliphatic rings. The number of ether oxygens (including phenoxy) is 2. The van der Waals surface area contributed by atoms with Crippen LogP contribution in [-0.4, -0.2) is 60.1 Å². The van der Waals surface area contributed by atoms with Crippen LogP contribution >= 0.6 is 0 Å². The van der Waals surface area contributed by atoms with Gasteiger partial charge in [-0.3, -0.25) is 4.68 Å². The summed E-state index contributed by atoms with van der Waals surface area (Å²) in [6, 6.07) is 0. The highest BCUT2D eigenvalue weighted by molar-refractivity contribution is 5.93. The first-order valence-corrected chi connectivity index (χ1v) is 6.25. The van der Waals surface area contributed by atoms with Gasteiger partial charge in [0.15, 0.2) is 5.69 Å². The Morgan fingerprint density at radius 2 is 2.32 bits per heavy atom. The minimum atomic E-state index is -0.461. The van der Waals surface area contributed by atoms with Gasteiger partial charge in [0.1, 0.15) is 12.7 Å². The number of aromatic nitrogens is 2. The van der Waals surface area contributed by atoms with E-state index in [1.54, 1.807) is 14.0 Å². The van der Waals surface area contributed by atoms with Gasteiger partial charge in [0.2, 0.25) is 0 Å². The van der Waals surface area contributed by atoms with Gasteiger partial charge in [-0.25, -0.2) is 4.79 Å². The van der Waals surface area contributed by atoms with E-state index in [-0.39, 0.29) is 12.7 Å². The number of carbonyl (C=O) groups excluding carboxylic acids is 1. The van der Waals surface area contributed by atoms with E-state index in [0.29, 0.717) is 23.7 Å². The predicted octanol–water partition coefficient (Wildman–Crippen LogP) is -0.202. The molecule has 2 rings (SSSR count). The highest BCUT2D eigenvalue weighted by Gasteiger charge is 2.23. The van der Waals surface area contributed by atoms with Gasteiger partial charge in [0.25, 0.3) is 0 Å². The molecular formula is C12H20N4O3. The largest absolute Gasteiger partial charge is 0.458 e. The Bertz CT molecular complexity index is 472. The fourth-order valence-electron chi connectivity index (χ4n) is 2.12. The zero-order valence-electron chi connectivity index (χ0n) is 11.5. The van der Waals surface area contributed by atoms with Crippen LogP contribution in [0.15, 0.2) is 0 Å². The summed E-state index contributed by atoms with van der Waals surface area (Å²) < 4.78 is 12.2. The van der Waals surface area contributed by atoms with Crippen molar-refractivity contribution in [3.8, 4) is 0 Å². The molecule has 0 aliphatic carbocycles. The van der Waals surface area contributed by atoms with Crippen LogP contribution in [0.5, 0.6) is 0 Å². The molecule has 0 amide bonds. The smallest absolute Gasteiger partial charge is 0.358 e. The van der Waals surface area contributed by atoms with E-state index in [9.17, 15) is 4.79 Å². The summed E-state index contributed by atoms with van der Waals surface area (Å²) in [5.74, 6) is -0.461. The van der Waals surface area contributed by atoms with Gasteiger partial charge in [-0.1, -0.05) is 0 Å². The Balaban J connectivity index is 1.94. The number of nitrogens with zero attached hydrogens (tertiary/aromatic N) is 3. The first-order chi connectivity index (χ1) is 8.99. The van der Waals surface area contributed by atoms with Gasteiger partial charge >= 0.3 is 5.97 Å². The Kier molecular flexibility index (Phi) is 4.06. The SMILES string of the molecule is Cc1nn(C)c(C(=O)OCC2CN(C)CCO2)c1N. The van der Waals surface area contributed by atoms with Crippen molar-refractivity contribution in [2.75, 3.05) is 39.1 Å². The molecule has 0 saturated carbocycles. The maximum Gasteiger partial charge on any atom is 0.358 e. The van der Waals surface area contributed by atoms with Crippen molar-refractivity contribution >= 4 is 11.7 Å². The fraction of sp³-hybridized carbons (Fsp3) is 0.667. The number of rotatable bonds is 3. The van der Waals surface area contributed by atoms with Crippen LogP contribution in [-0.2, 0) is 16.5 Å². The lowest BCUT2D eigenvalue weighted by molar-refractivity contribution is -0.0530. The highest BCUT2D eigenvalue weighted by atomic mass is 16.6. The monoisotopic (exact) mass is 268 g/mol. The predicted molar refractivity (Wildman–Crippen MR) is 69.9 cm³/mol. The lowest BCUT2D eigenvalue weighted by Gasteiger charge is -2.29. The number of carbonyl (C=O) groups is 1. The van der Waals surface area contributed by atoms with E-state index in [2.05, 4.69) is 10.00 Å². The fourth-order valence-corrected chi connectivity index (χ4v) is 2.12. The van der Waals surface area contributed by atoms with Crippen molar-refractivity contribution in [2.24, 2.45) is 7.05 Å². The summed E-state index contributed by atoms with van der Waals surface area (Å²) in [5.41, 5.74) is 7.10. The van der Waals surface area contributed by atoms with Crippen molar-refractivity contribution in [3.63, 3.8) is 0 Å².